The van der Waals surface area contributed by atoms with Gasteiger partial charge in [0.25, 0.3) is 0 Å². The molecule has 0 spiro atoms. The van der Waals surface area contributed by atoms with Gasteiger partial charge in [-0.15, -0.1) is 0 Å². The number of hydrogen-bond donors (Lipinski definition) is 0. The van der Waals surface area contributed by atoms with E-state index in [9.17, 15) is 0 Å². The Hall–Kier alpha value is -8.21. The molecule has 2 aromatic heterocycles. The van der Waals surface area contributed by atoms with Crippen molar-refractivity contribution in [1.29, 1.82) is 0 Å². The van der Waals surface area contributed by atoms with Gasteiger partial charge in [0.15, 0.2) is 17.5 Å². The Morgan fingerprint density at radius 3 is 1.39 bits per heavy atom. The van der Waals surface area contributed by atoms with Crippen molar-refractivity contribution in [2.75, 3.05) is 0 Å². The van der Waals surface area contributed by atoms with Crippen molar-refractivity contribution in [3.63, 3.8) is 0 Å². The van der Waals surface area contributed by atoms with E-state index in [0.717, 1.165) is 55.5 Å². The number of aromatic nitrogens is 4. The van der Waals surface area contributed by atoms with E-state index in [1.54, 1.807) is 0 Å². The van der Waals surface area contributed by atoms with Crippen molar-refractivity contribution in [3.8, 4) is 62.1 Å². The van der Waals surface area contributed by atoms with Crippen molar-refractivity contribution < 1.29 is 0 Å². The van der Waals surface area contributed by atoms with Crippen LogP contribution in [0, 0.1) is 0 Å². The number of rotatable bonds is 6. The summed E-state index contributed by atoms with van der Waals surface area (Å²) in [5.74, 6) is 1.86. The molecule has 0 aliphatic heterocycles. The molecule has 284 valence electrons. The molecule has 4 heteroatoms. The van der Waals surface area contributed by atoms with Crippen LogP contribution in [0.15, 0.2) is 218 Å². The normalized spacial score (nSPS) is 11.6. The van der Waals surface area contributed by atoms with E-state index in [2.05, 4.69) is 205 Å². The second-order valence-corrected chi connectivity index (χ2v) is 15.6. The molecule has 0 unspecified atom stereocenters. The van der Waals surface area contributed by atoms with E-state index in [4.69, 9.17) is 15.0 Å². The van der Waals surface area contributed by atoms with Crippen molar-refractivity contribution in [2.45, 2.75) is 0 Å². The summed E-state index contributed by atoms with van der Waals surface area (Å²) in [6.45, 7) is 0. The first-order chi connectivity index (χ1) is 30.2. The van der Waals surface area contributed by atoms with Crippen LogP contribution in [0.4, 0.5) is 0 Å². The lowest BCUT2D eigenvalue weighted by Crippen LogP contribution is -2.04. The highest BCUT2D eigenvalue weighted by Gasteiger charge is 2.24. The third kappa shape index (κ3) is 5.96. The van der Waals surface area contributed by atoms with Crippen LogP contribution in [0.3, 0.4) is 0 Å². The molecule has 12 rings (SSSR count). The van der Waals surface area contributed by atoms with Crippen LogP contribution >= 0.6 is 0 Å². The summed E-state index contributed by atoms with van der Waals surface area (Å²) in [5.41, 5.74) is 10.5. The molecule has 0 amide bonds. The Kier molecular flexibility index (Phi) is 8.13. The van der Waals surface area contributed by atoms with Gasteiger partial charge in [-0.25, -0.2) is 15.0 Å². The van der Waals surface area contributed by atoms with Gasteiger partial charge in [-0.3, -0.25) is 0 Å². The van der Waals surface area contributed by atoms with E-state index in [0.29, 0.717) is 17.5 Å². The summed E-state index contributed by atoms with van der Waals surface area (Å²) in [6, 6.07) is 77.8. The molecule has 61 heavy (non-hydrogen) atoms. The van der Waals surface area contributed by atoms with Gasteiger partial charge in [0.2, 0.25) is 0 Å². The van der Waals surface area contributed by atoms with E-state index < -0.39 is 0 Å². The number of benzene rings is 10. The highest BCUT2D eigenvalue weighted by Crippen LogP contribution is 2.46. The van der Waals surface area contributed by atoms with Gasteiger partial charge in [0.1, 0.15) is 0 Å². The molecule has 12 aromatic rings. The third-order valence-electron chi connectivity index (χ3n) is 12.0. The summed E-state index contributed by atoms with van der Waals surface area (Å²) in [5, 5.41) is 9.55. The lowest BCUT2D eigenvalue weighted by Gasteiger charge is -2.21. The highest BCUT2D eigenvalue weighted by atomic mass is 15.0. The molecule has 0 fully saturated rings. The first kappa shape index (κ1) is 34.8. The maximum absolute atomic E-state index is 5.31. The lowest BCUT2D eigenvalue weighted by atomic mass is 9.92. The maximum atomic E-state index is 5.31. The lowest BCUT2D eigenvalue weighted by molar-refractivity contribution is 1.07. The van der Waals surface area contributed by atoms with E-state index in [1.807, 2.05) is 18.2 Å². The molecule has 0 bridgehead atoms. The zero-order valence-corrected chi connectivity index (χ0v) is 33.1. The fourth-order valence-electron chi connectivity index (χ4n) is 9.05. The topological polar surface area (TPSA) is 43.6 Å². The first-order valence-electron chi connectivity index (χ1n) is 20.7. The largest absolute Gasteiger partial charge is 0.307 e. The molecular formula is C57H36N4. The molecule has 0 atom stereocenters. The fourth-order valence-corrected chi connectivity index (χ4v) is 9.05. The average molecular weight is 777 g/mol. The summed E-state index contributed by atoms with van der Waals surface area (Å²) in [4.78, 5) is 15.7. The van der Waals surface area contributed by atoms with Crippen LogP contribution in [0.5, 0.6) is 0 Å². The summed E-state index contributed by atoms with van der Waals surface area (Å²) in [7, 11) is 0. The average Bonchev–Trinajstić information content (AvgIpc) is 3.66. The Bertz CT molecular complexity index is 3570. The Balaban J connectivity index is 1.22. The summed E-state index contributed by atoms with van der Waals surface area (Å²) < 4.78 is 2.52. The zero-order chi connectivity index (χ0) is 40.3. The molecule has 0 aliphatic carbocycles. The summed E-state index contributed by atoms with van der Waals surface area (Å²) in [6.07, 6.45) is 0. The number of hydrogen-bond acceptors (Lipinski definition) is 3. The van der Waals surface area contributed by atoms with Gasteiger partial charge in [-0.1, -0.05) is 188 Å². The van der Waals surface area contributed by atoms with E-state index in [1.165, 1.54) is 43.2 Å². The van der Waals surface area contributed by atoms with Gasteiger partial charge in [-0.05, 0) is 68.4 Å². The molecule has 2 heterocycles. The Labute approximate surface area is 352 Å². The minimum Gasteiger partial charge on any atom is -0.307 e. The fraction of sp³-hybridized carbons (Fsp3) is 0. The Morgan fingerprint density at radius 1 is 0.279 bits per heavy atom. The minimum absolute atomic E-state index is 0.608. The molecule has 4 nitrogen and oxygen atoms in total. The van der Waals surface area contributed by atoms with E-state index in [-0.39, 0.29) is 0 Å². The van der Waals surface area contributed by atoms with Crippen molar-refractivity contribution >= 4 is 54.1 Å². The third-order valence-corrected chi connectivity index (χ3v) is 12.0. The molecule has 0 saturated carbocycles. The minimum atomic E-state index is 0.608. The SMILES string of the molecule is c1ccc(-c2nc(-c3cc(-c4ccccc4)c(-n4c5cc6ccccc6cc5c5ccc6ccccc6c54)c(-c4ccccc4)c3)nc(-c3ccc4ccccc4c3)n2)cc1. The van der Waals surface area contributed by atoms with Gasteiger partial charge >= 0.3 is 0 Å². The van der Waals surface area contributed by atoms with Crippen LogP contribution in [-0.2, 0) is 0 Å². The predicted molar refractivity (Wildman–Crippen MR) is 254 cm³/mol. The first-order valence-corrected chi connectivity index (χ1v) is 20.7. The Morgan fingerprint density at radius 2 is 0.754 bits per heavy atom. The van der Waals surface area contributed by atoms with Crippen molar-refractivity contribution in [1.82, 2.24) is 19.5 Å². The smallest absolute Gasteiger partial charge is 0.164 e. The molecule has 0 N–H and O–H groups in total. The molecule has 0 radical (unpaired) electrons. The van der Waals surface area contributed by atoms with Gasteiger partial charge in [0, 0.05) is 44.0 Å². The van der Waals surface area contributed by atoms with E-state index >= 15 is 0 Å². The summed E-state index contributed by atoms with van der Waals surface area (Å²) >= 11 is 0. The zero-order valence-electron chi connectivity index (χ0n) is 33.1. The van der Waals surface area contributed by atoms with Gasteiger partial charge in [0.05, 0.1) is 16.7 Å². The molecule has 0 aliphatic rings. The van der Waals surface area contributed by atoms with Crippen LogP contribution in [-0.4, -0.2) is 19.5 Å². The second-order valence-electron chi connectivity index (χ2n) is 15.6. The van der Waals surface area contributed by atoms with Crippen LogP contribution < -0.4 is 0 Å². The predicted octanol–water partition coefficient (Wildman–Crippen LogP) is 14.8. The van der Waals surface area contributed by atoms with Crippen LogP contribution in [0.25, 0.3) is 116 Å². The maximum Gasteiger partial charge on any atom is 0.164 e. The number of fused-ring (bicyclic) bond motifs is 7. The van der Waals surface area contributed by atoms with Crippen molar-refractivity contribution in [3.05, 3.63) is 218 Å². The molecular weight excluding hydrogens is 741 g/mol. The quantitative estimate of drug-likeness (QED) is 0.169. The monoisotopic (exact) mass is 776 g/mol. The molecule has 10 aromatic carbocycles. The second kappa shape index (κ2) is 14.3. The van der Waals surface area contributed by atoms with Gasteiger partial charge in [-0.2, -0.15) is 0 Å². The van der Waals surface area contributed by atoms with Crippen LogP contribution in [0.1, 0.15) is 0 Å². The van der Waals surface area contributed by atoms with Gasteiger partial charge < -0.3 is 4.57 Å². The molecule has 0 saturated heterocycles. The number of nitrogens with zero attached hydrogens (tertiary/aromatic N) is 4. The van der Waals surface area contributed by atoms with Crippen LogP contribution in [0.2, 0.25) is 0 Å². The standard InChI is InChI=1S/C57H36N4/c1-4-17-38(18-5-1)49-34-46(57-59-55(41-22-8-3-9-23-41)58-56(60-57)45-29-28-37-16-10-11-24-42(37)32-45)35-50(39-19-6-2-7-20-39)54(49)61-52-36-44-26-13-12-25-43(44)33-51(52)48-31-30-40-21-14-15-27-47(40)53(48)61/h1-36H. The highest BCUT2D eigenvalue weighted by molar-refractivity contribution is 6.21. The van der Waals surface area contributed by atoms with Crippen molar-refractivity contribution in [2.24, 2.45) is 0 Å².